The lowest BCUT2D eigenvalue weighted by Crippen LogP contribution is -2.64. The summed E-state index contributed by atoms with van der Waals surface area (Å²) in [5.41, 5.74) is 1.48. The number of aliphatic hydroxyl groups excluding tert-OH is 2. The fraction of sp³-hybridized carbons (Fsp3) is 0.545. The van der Waals surface area contributed by atoms with Crippen molar-refractivity contribution in [2.45, 2.75) is 70.6 Å². The molecular weight excluding hydrogens is 536 g/mol. The molecule has 0 radical (unpaired) electrons. The zero-order valence-corrected chi connectivity index (χ0v) is 24.4. The Hall–Kier alpha value is -3.27. The molecule has 12 atom stereocenters. The number of carbonyl (C=O) groups excluding carboxylic acids is 2. The first kappa shape index (κ1) is 28.8. The fourth-order valence-corrected chi connectivity index (χ4v) is 8.32. The van der Waals surface area contributed by atoms with Gasteiger partial charge in [-0.3, -0.25) is 9.78 Å². The van der Waals surface area contributed by atoms with Crippen molar-refractivity contribution in [2.75, 3.05) is 0 Å². The summed E-state index contributed by atoms with van der Waals surface area (Å²) in [6, 6.07) is 5.49. The number of allylic oxidation sites excluding steroid dienone is 1. The summed E-state index contributed by atoms with van der Waals surface area (Å²) in [5.74, 6) is -2.71. The van der Waals surface area contributed by atoms with E-state index in [9.17, 15) is 24.9 Å². The van der Waals surface area contributed by atoms with Crippen molar-refractivity contribution >= 4 is 11.9 Å². The second-order valence-electron chi connectivity index (χ2n) is 12.8. The van der Waals surface area contributed by atoms with Crippen LogP contribution >= 0.6 is 0 Å². The molecule has 0 saturated heterocycles. The summed E-state index contributed by atoms with van der Waals surface area (Å²) in [6.07, 6.45) is 8.76. The molecule has 0 amide bonds. The van der Waals surface area contributed by atoms with Gasteiger partial charge in [0.15, 0.2) is 0 Å². The zero-order chi connectivity index (χ0) is 29.9. The predicted molar refractivity (Wildman–Crippen MR) is 154 cm³/mol. The largest absolute Gasteiger partial charge is 0.459 e. The average Bonchev–Trinajstić information content (AvgIpc) is 3.52. The lowest BCUT2D eigenvalue weighted by Gasteiger charge is -2.61. The van der Waals surface area contributed by atoms with E-state index in [-0.39, 0.29) is 47.8 Å². The van der Waals surface area contributed by atoms with E-state index in [2.05, 4.69) is 16.0 Å². The van der Waals surface area contributed by atoms with Crippen LogP contribution in [0.3, 0.4) is 0 Å². The van der Waals surface area contributed by atoms with Gasteiger partial charge in [0.1, 0.15) is 17.9 Å². The third-order valence-corrected chi connectivity index (χ3v) is 10.4. The van der Waals surface area contributed by atoms with Gasteiger partial charge in [0.05, 0.1) is 17.8 Å². The van der Waals surface area contributed by atoms with Gasteiger partial charge in [-0.05, 0) is 49.8 Å². The number of esters is 2. The Bertz CT molecular complexity index is 1400. The maximum atomic E-state index is 13.3. The van der Waals surface area contributed by atoms with Crippen molar-refractivity contribution in [3.63, 3.8) is 0 Å². The monoisotopic (exact) mass is 576 g/mol. The van der Waals surface area contributed by atoms with Crippen LogP contribution in [0.4, 0.5) is 0 Å². The lowest BCUT2D eigenvalue weighted by atomic mass is 9.46. The molecule has 2 aromatic heterocycles. The number of nitrogens with one attached hydrogen (secondary N) is 1. The van der Waals surface area contributed by atoms with Gasteiger partial charge in [-0.1, -0.05) is 38.1 Å². The van der Waals surface area contributed by atoms with Crippen molar-refractivity contribution in [2.24, 2.45) is 41.4 Å². The Morgan fingerprint density at radius 1 is 1.24 bits per heavy atom. The molecule has 6 rings (SSSR count). The Balaban J connectivity index is 1.27. The highest BCUT2D eigenvalue weighted by Crippen LogP contribution is 2.66. The van der Waals surface area contributed by atoms with E-state index in [0.29, 0.717) is 12.1 Å². The number of carbonyl (C=O) groups is 2. The SMILES string of the molecule is C/C1=C\[C@@H](C)C([C@@H](C)O)OC(=O)CC[C@H]2C=CC3C(C4[C@H]3[C@H](OC(=O)c3cc(-c5cccnc5)c[nH]3)[C@H](C)[C@H]4O)[C@]12O. The molecule has 2 aromatic rings. The molecule has 9 heteroatoms. The summed E-state index contributed by atoms with van der Waals surface area (Å²) < 4.78 is 11.7. The van der Waals surface area contributed by atoms with Gasteiger partial charge < -0.3 is 29.8 Å². The van der Waals surface area contributed by atoms with Crippen molar-refractivity contribution in [3.05, 3.63) is 66.3 Å². The highest BCUT2D eigenvalue weighted by atomic mass is 16.6. The third kappa shape index (κ3) is 4.53. The maximum absolute atomic E-state index is 13.3. The van der Waals surface area contributed by atoms with Crippen LogP contribution in [-0.4, -0.2) is 67.2 Å². The number of nitrogens with zero attached hydrogens (tertiary/aromatic N) is 1. The number of ether oxygens (including phenoxy) is 2. The number of aromatic amines is 1. The van der Waals surface area contributed by atoms with Crippen molar-refractivity contribution in [1.82, 2.24) is 9.97 Å². The van der Waals surface area contributed by atoms with E-state index in [1.54, 1.807) is 31.6 Å². The molecule has 0 aromatic carbocycles. The normalized spacial score (nSPS) is 41.2. The van der Waals surface area contributed by atoms with Crippen molar-refractivity contribution in [3.8, 4) is 11.1 Å². The molecule has 4 N–H and O–H groups in total. The second-order valence-corrected chi connectivity index (χ2v) is 12.8. The van der Waals surface area contributed by atoms with E-state index in [1.807, 2.05) is 45.1 Å². The number of aromatic nitrogens is 2. The van der Waals surface area contributed by atoms with Crippen molar-refractivity contribution in [1.29, 1.82) is 0 Å². The Morgan fingerprint density at radius 2 is 2.02 bits per heavy atom. The molecule has 42 heavy (non-hydrogen) atoms. The molecule has 224 valence electrons. The van der Waals surface area contributed by atoms with Gasteiger partial charge in [-0.2, -0.15) is 0 Å². The first-order valence-corrected chi connectivity index (χ1v) is 15.0. The minimum absolute atomic E-state index is 0.107. The number of fused-ring (bicyclic) bond motifs is 6. The van der Waals surface area contributed by atoms with Crippen LogP contribution in [0.2, 0.25) is 0 Å². The molecule has 4 aliphatic rings. The van der Waals surface area contributed by atoms with Crippen LogP contribution in [0.25, 0.3) is 11.1 Å². The molecule has 0 bridgehead atoms. The fourth-order valence-electron chi connectivity index (χ4n) is 8.32. The van der Waals surface area contributed by atoms with E-state index < -0.39 is 42.0 Å². The number of hydrogen-bond acceptors (Lipinski definition) is 8. The van der Waals surface area contributed by atoms with Gasteiger partial charge >= 0.3 is 11.9 Å². The lowest BCUT2D eigenvalue weighted by molar-refractivity contribution is -0.177. The summed E-state index contributed by atoms with van der Waals surface area (Å²) >= 11 is 0. The number of aliphatic hydroxyl groups is 3. The number of cyclic esters (lactones) is 1. The van der Waals surface area contributed by atoms with E-state index in [1.165, 1.54) is 0 Å². The van der Waals surface area contributed by atoms with E-state index in [4.69, 9.17) is 9.47 Å². The minimum Gasteiger partial charge on any atom is -0.459 e. The number of H-pyrrole nitrogens is 1. The molecule has 2 fully saturated rings. The molecule has 3 aliphatic carbocycles. The van der Waals surface area contributed by atoms with Gasteiger partial charge in [-0.15, -0.1) is 0 Å². The van der Waals surface area contributed by atoms with E-state index >= 15 is 0 Å². The quantitative estimate of drug-likeness (QED) is 0.319. The topological polar surface area (TPSA) is 142 Å². The van der Waals surface area contributed by atoms with Crippen LogP contribution in [0, 0.1) is 41.4 Å². The first-order chi connectivity index (χ1) is 20.0. The van der Waals surface area contributed by atoms with Crippen molar-refractivity contribution < 1.29 is 34.4 Å². The third-order valence-electron chi connectivity index (χ3n) is 10.4. The van der Waals surface area contributed by atoms with Gasteiger partial charge in [-0.25, -0.2) is 4.79 Å². The predicted octanol–water partition coefficient (Wildman–Crippen LogP) is 3.68. The standard InChI is InChI=1S/C33H40N2O7/c1-16-12-17(2)33(40)22(8-10-25(37)41-30(16)19(4)36)7-9-23-26-27(28(23)33)29(38)18(3)31(26)42-32(39)24-13-21(15-35-24)20-6-5-11-34-14-20/h5-7,9,11-16,18-19,22-23,26-31,35-36,38,40H,8,10H2,1-4H3/b17-12+/t16-,18-,19-,22-,23?,26+,27?,28?,29-,30?,31-,33+/m1/s1. The van der Waals surface area contributed by atoms with Crippen LogP contribution in [-0.2, 0) is 14.3 Å². The van der Waals surface area contributed by atoms with Gasteiger partial charge in [0.2, 0.25) is 0 Å². The number of pyridine rings is 1. The Morgan fingerprint density at radius 3 is 2.74 bits per heavy atom. The second kappa shape index (κ2) is 10.8. The van der Waals surface area contributed by atoms with Gasteiger partial charge in [0.25, 0.3) is 0 Å². The van der Waals surface area contributed by atoms with Crippen LogP contribution in [0.1, 0.15) is 51.0 Å². The summed E-state index contributed by atoms with van der Waals surface area (Å²) in [7, 11) is 0. The minimum atomic E-state index is -1.30. The smallest absolute Gasteiger partial charge is 0.355 e. The highest BCUT2D eigenvalue weighted by molar-refractivity contribution is 5.89. The summed E-state index contributed by atoms with van der Waals surface area (Å²) in [6.45, 7) is 7.26. The zero-order valence-electron chi connectivity index (χ0n) is 24.4. The molecule has 0 spiro atoms. The average molecular weight is 577 g/mol. The molecule has 4 unspecified atom stereocenters. The van der Waals surface area contributed by atoms with Crippen LogP contribution in [0.5, 0.6) is 0 Å². The molecular formula is C33H40N2O7. The highest BCUT2D eigenvalue weighted by Gasteiger charge is 2.70. The number of rotatable bonds is 4. The Labute approximate surface area is 245 Å². The molecule has 3 heterocycles. The first-order valence-electron chi connectivity index (χ1n) is 15.0. The Kier molecular flexibility index (Phi) is 7.40. The van der Waals surface area contributed by atoms with Crippen LogP contribution in [0.15, 0.2) is 60.6 Å². The van der Waals surface area contributed by atoms with Gasteiger partial charge in [0, 0.05) is 65.7 Å². The maximum Gasteiger partial charge on any atom is 0.355 e. The molecule has 9 nitrogen and oxygen atoms in total. The number of hydrogen-bond donors (Lipinski definition) is 4. The summed E-state index contributed by atoms with van der Waals surface area (Å²) in [4.78, 5) is 33.1. The van der Waals surface area contributed by atoms with Crippen LogP contribution < -0.4 is 0 Å². The molecule has 2 saturated carbocycles. The van der Waals surface area contributed by atoms with E-state index in [0.717, 1.165) is 16.7 Å². The molecule has 1 aliphatic heterocycles. The summed E-state index contributed by atoms with van der Waals surface area (Å²) in [5, 5.41) is 34.3.